The van der Waals surface area contributed by atoms with Gasteiger partial charge in [0.25, 0.3) is 0 Å². The van der Waals surface area contributed by atoms with Gasteiger partial charge in [-0.3, -0.25) is 4.55 Å². The highest BCUT2D eigenvalue weighted by Gasteiger charge is 2.48. The Hall–Kier alpha value is -4.51. The Morgan fingerprint density at radius 3 is 1.86 bits per heavy atom. The molecule has 1 N–H and O–H groups in total. The summed E-state index contributed by atoms with van der Waals surface area (Å²) >= 11 is 0. The van der Waals surface area contributed by atoms with Crippen LogP contribution in [0.25, 0.3) is 0 Å². The van der Waals surface area contributed by atoms with E-state index in [1.165, 1.54) is 30.3 Å². The predicted molar refractivity (Wildman–Crippen MR) is 120 cm³/mol. The fraction of sp³-hybridized carbons (Fsp3) is 0.0400. The minimum absolute atomic E-state index is 0.0125. The lowest BCUT2D eigenvalue weighted by molar-refractivity contribution is -0.190. The smallest absolute Gasteiger partial charge is 0.433 e. The van der Waals surface area contributed by atoms with E-state index < -0.39 is 96.2 Å². The molecule has 0 aliphatic carbocycles. The van der Waals surface area contributed by atoms with Gasteiger partial charge in [-0.2, -0.15) is 30.4 Å². The van der Waals surface area contributed by atoms with E-state index in [0.717, 1.165) is 0 Å². The highest BCUT2D eigenvalue weighted by Crippen LogP contribution is 2.46. The molecule has 0 aromatic heterocycles. The molecule has 0 fully saturated rings. The van der Waals surface area contributed by atoms with Crippen molar-refractivity contribution >= 4 is 10.1 Å². The van der Waals surface area contributed by atoms with E-state index >= 15 is 13.2 Å². The number of para-hydroxylation sites is 1. The molecule has 0 saturated carbocycles. The van der Waals surface area contributed by atoms with E-state index in [2.05, 4.69) is 9.47 Å². The van der Waals surface area contributed by atoms with Crippen molar-refractivity contribution < 1.29 is 71.1 Å². The Morgan fingerprint density at radius 1 is 0.619 bits per heavy atom. The standard InChI is InChI=1S/C25H10F10O6S/c26-11-7-4-8-12(16(11)27)40-23-15(19(30)21(32)24(22(23)33)42(36,37)38)25(34,35)41-14-9-13(17(28)20(31)18(14)29)39-10-5-2-1-3-6-10/h1-9H,(H,36,37,38). The van der Waals surface area contributed by atoms with Crippen molar-refractivity contribution in [2.24, 2.45) is 0 Å². The second-order valence-electron chi connectivity index (χ2n) is 7.95. The summed E-state index contributed by atoms with van der Waals surface area (Å²) in [4.78, 5) is -2.59. The molecule has 0 heterocycles. The van der Waals surface area contributed by atoms with Gasteiger partial charge in [0.15, 0.2) is 51.2 Å². The molecule has 4 aromatic carbocycles. The van der Waals surface area contributed by atoms with Crippen LogP contribution in [-0.2, 0) is 16.2 Å². The van der Waals surface area contributed by atoms with E-state index in [1.807, 2.05) is 0 Å². The Bertz CT molecular complexity index is 1800. The van der Waals surface area contributed by atoms with Crippen LogP contribution in [0.5, 0.6) is 28.7 Å². The van der Waals surface area contributed by atoms with Gasteiger partial charge in [0.1, 0.15) is 11.3 Å². The van der Waals surface area contributed by atoms with E-state index in [0.29, 0.717) is 18.2 Å². The lowest BCUT2D eigenvalue weighted by Gasteiger charge is -2.23. The Labute approximate surface area is 228 Å². The molecule has 17 heteroatoms. The molecule has 0 atom stereocenters. The van der Waals surface area contributed by atoms with Crippen LogP contribution in [0.1, 0.15) is 5.56 Å². The maximum atomic E-state index is 15.3. The minimum atomic E-state index is -6.08. The van der Waals surface area contributed by atoms with Crippen LogP contribution < -0.4 is 14.2 Å². The maximum Gasteiger partial charge on any atom is 0.433 e. The molecule has 0 unspecified atom stereocenters. The van der Waals surface area contributed by atoms with Gasteiger partial charge < -0.3 is 14.2 Å². The number of ether oxygens (including phenoxy) is 3. The van der Waals surface area contributed by atoms with Crippen LogP contribution >= 0.6 is 0 Å². The number of alkyl halides is 2. The van der Waals surface area contributed by atoms with Crippen molar-refractivity contribution in [3.05, 3.63) is 107 Å². The molecule has 0 amide bonds. The summed E-state index contributed by atoms with van der Waals surface area (Å²) < 4.78 is 191. The van der Waals surface area contributed by atoms with E-state index in [4.69, 9.17) is 9.29 Å². The molecule has 4 rings (SSSR count). The van der Waals surface area contributed by atoms with Crippen molar-refractivity contribution in [1.29, 1.82) is 0 Å². The fourth-order valence-electron chi connectivity index (χ4n) is 3.38. The normalized spacial score (nSPS) is 11.9. The number of halogens is 10. The summed E-state index contributed by atoms with van der Waals surface area (Å²) in [5.74, 6) is -26.8. The van der Waals surface area contributed by atoms with E-state index in [9.17, 15) is 39.2 Å². The van der Waals surface area contributed by atoms with Gasteiger partial charge in [-0.15, -0.1) is 0 Å². The summed E-state index contributed by atoms with van der Waals surface area (Å²) in [5.41, 5.74) is -2.73. The van der Waals surface area contributed by atoms with Crippen molar-refractivity contribution in [3.8, 4) is 28.7 Å². The van der Waals surface area contributed by atoms with Gasteiger partial charge in [-0.05, 0) is 24.3 Å². The third-order valence-electron chi connectivity index (χ3n) is 5.20. The Morgan fingerprint density at radius 2 is 1.24 bits per heavy atom. The van der Waals surface area contributed by atoms with Crippen LogP contribution in [0.4, 0.5) is 43.9 Å². The van der Waals surface area contributed by atoms with Gasteiger partial charge in [-0.1, -0.05) is 24.3 Å². The quantitative estimate of drug-likeness (QED) is 0.0930. The van der Waals surface area contributed by atoms with Crippen LogP contribution in [-0.4, -0.2) is 13.0 Å². The second kappa shape index (κ2) is 11.1. The summed E-state index contributed by atoms with van der Waals surface area (Å²) in [6.07, 6.45) is -5.59. The molecule has 0 aliphatic heterocycles. The Balaban J connectivity index is 1.92. The molecule has 0 aliphatic rings. The highest BCUT2D eigenvalue weighted by atomic mass is 32.2. The monoisotopic (exact) mass is 628 g/mol. The predicted octanol–water partition coefficient (Wildman–Crippen LogP) is 7.76. The molecule has 6 nitrogen and oxygen atoms in total. The molecule has 4 aromatic rings. The van der Waals surface area contributed by atoms with Gasteiger partial charge in [0.05, 0.1) is 0 Å². The van der Waals surface area contributed by atoms with Crippen LogP contribution in [0.2, 0.25) is 0 Å². The minimum Gasteiger partial charge on any atom is -0.454 e. The number of hydrogen-bond donors (Lipinski definition) is 1. The van der Waals surface area contributed by atoms with Crippen molar-refractivity contribution in [2.45, 2.75) is 11.0 Å². The van der Waals surface area contributed by atoms with Gasteiger partial charge >= 0.3 is 16.2 Å². The molecule has 222 valence electrons. The summed E-state index contributed by atoms with van der Waals surface area (Å²) in [6, 6.07) is 8.15. The first-order chi connectivity index (χ1) is 19.5. The number of benzene rings is 4. The molecule has 0 saturated heterocycles. The number of hydrogen-bond acceptors (Lipinski definition) is 5. The molecule has 0 bridgehead atoms. The van der Waals surface area contributed by atoms with E-state index in [-0.39, 0.29) is 11.8 Å². The molecule has 0 radical (unpaired) electrons. The highest BCUT2D eigenvalue weighted by molar-refractivity contribution is 7.85. The van der Waals surface area contributed by atoms with Gasteiger partial charge in [-0.25, -0.2) is 22.0 Å². The zero-order valence-electron chi connectivity index (χ0n) is 19.9. The average molecular weight is 628 g/mol. The topological polar surface area (TPSA) is 82.1 Å². The average Bonchev–Trinajstić information content (AvgIpc) is 2.91. The third kappa shape index (κ3) is 5.64. The molecular weight excluding hydrogens is 618 g/mol. The van der Waals surface area contributed by atoms with Crippen molar-refractivity contribution in [2.75, 3.05) is 0 Å². The van der Waals surface area contributed by atoms with Crippen molar-refractivity contribution in [3.63, 3.8) is 0 Å². The zero-order valence-corrected chi connectivity index (χ0v) is 20.7. The summed E-state index contributed by atoms with van der Waals surface area (Å²) in [7, 11) is -6.08. The van der Waals surface area contributed by atoms with Crippen molar-refractivity contribution in [1.82, 2.24) is 0 Å². The Kier molecular flexibility index (Phi) is 8.01. The second-order valence-corrected chi connectivity index (χ2v) is 9.31. The largest absolute Gasteiger partial charge is 0.454 e. The third-order valence-corrected chi connectivity index (χ3v) is 6.08. The van der Waals surface area contributed by atoms with Gasteiger partial charge in [0.2, 0.25) is 23.3 Å². The molecule has 42 heavy (non-hydrogen) atoms. The first-order valence-corrected chi connectivity index (χ1v) is 12.3. The van der Waals surface area contributed by atoms with Crippen LogP contribution in [0.15, 0.2) is 59.5 Å². The summed E-state index contributed by atoms with van der Waals surface area (Å²) in [5, 5.41) is 0. The van der Waals surface area contributed by atoms with Crippen LogP contribution in [0.3, 0.4) is 0 Å². The lowest BCUT2D eigenvalue weighted by Crippen LogP contribution is -2.27. The lowest BCUT2D eigenvalue weighted by atomic mass is 10.1. The molecular formula is C25H10F10O6S. The molecule has 0 spiro atoms. The van der Waals surface area contributed by atoms with Gasteiger partial charge in [0, 0.05) is 6.07 Å². The number of rotatable bonds is 8. The summed E-state index contributed by atoms with van der Waals surface area (Å²) in [6.45, 7) is 0. The zero-order chi connectivity index (χ0) is 31.1. The van der Waals surface area contributed by atoms with E-state index in [1.54, 1.807) is 0 Å². The first kappa shape index (κ1) is 30.4. The van der Waals surface area contributed by atoms with Crippen LogP contribution in [0, 0.1) is 46.5 Å². The fourth-order valence-corrected chi connectivity index (χ4v) is 4.02. The first-order valence-electron chi connectivity index (χ1n) is 10.8. The maximum absolute atomic E-state index is 15.3. The SMILES string of the molecule is O=S(=O)(O)c1c(F)c(F)c(C(F)(F)Oc2cc(Oc3ccccc3)c(F)c(F)c2F)c(Oc2cccc(F)c2F)c1F.